The Kier molecular flexibility index (Phi) is 4.88. The number of benzene rings is 1. The second-order valence-corrected chi connectivity index (χ2v) is 7.26. The van der Waals surface area contributed by atoms with E-state index in [0.717, 1.165) is 37.7 Å². The van der Waals surface area contributed by atoms with Gasteiger partial charge in [-0.25, -0.2) is 0 Å². The van der Waals surface area contributed by atoms with Crippen LogP contribution in [0.2, 0.25) is 0 Å². The summed E-state index contributed by atoms with van der Waals surface area (Å²) in [6.07, 6.45) is 7.33. The van der Waals surface area contributed by atoms with Crippen molar-refractivity contribution in [2.45, 2.75) is 38.1 Å². The zero-order valence-corrected chi connectivity index (χ0v) is 14.8. The summed E-state index contributed by atoms with van der Waals surface area (Å²) in [4.78, 5) is 4.36. The van der Waals surface area contributed by atoms with Crippen molar-refractivity contribution in [2.75, 3.05) is 19.8 Å². The highest BCUT2D eigenvalue weighted by molar-refractivity contribution is 5.30. The van der Waals surface area contributed by atoms with Gasteiger partial charge >= 0.3 is 0 Å². The van der Waals surface area contributed by atoms with Gasteiger partial charge in [0.1, 0.15) is 18.1 Å². The van der Waals surface area contributed by atoms with Crippen molar-refractivity contribution < 1.29 is 9.47 Å². The number of rotatable bonds is 8. The Morgan fingerprint density at radius 3 is 2.72 bits per heavy atom. The molecule has 1 aromatic carbocycles. The smallest absolute Gasteiger partial charge is 0.137 e. The summed E-state index contributed by atoms with van der Waals surface area (Å²) in [5.41, 5.74) is 2.57. The van der Waals surface area contributed by atoms with E-state index >= 15 is 0 Å². The Morgan fingerprint density at radius 2 is 1.96 bits per heavy atom. The van der Waals surface area contributed by atoms with Gasteiger partial charge in [0.25, 0.3) is 0 Å². The van der Waals surface area contributed by atoms with E-state index in [1.807, 2.05) is 24.5 Å². The molecule has 1 N–H and O–H groups in total. The number of hydrogen-bond donors (Lipinski definition) is 1. The molecule has 1 aliphatic heterocycles. The standard InChI is InChI=1S/C21H26N2O2/c1-15-2-4-19(5-3-15)24-9-7-16-11-21(16)17-10-20(13-22-12-17)25-14-18-6-8-23-18/h2-5,10,12-13,16,18,21,23H,6-9,11,14H2,1H3/t16-,18+,21+/m1/s1. The number of aromatic nitrogens is 1. The highest BCUT2D eigenvalue weighted by Gasteiger charge is 2.38. The maximum Gasteiger partial charge on any atom is 0.137 e. The van der Waals surface area contributed by atoms with Crippen LogP contribution in [-0.2, 0) is 0 Å². The zero-order chi connectivity index (χ0) is 17.1. The van der Waals surface area contributed by atoms with Crippen molar-refractivity contribution in [3.8, 4) is 11.5 Å². The Labute approximate surface area is 149 Å². The summed E-state index contributed by atoms with van der Waals surface area (Å²) in [5.74, 6) is 3.17. The Morgan fingerprint density at radius 1 is 1.12 bits per heavy atom. The molecule has 0 spiro atoms. The molecule has 3 atom stereocenters. The van der Waals surface area contributed by atoms with Crippen LogP contribution in [0.3, 0.4) is 0 Å². The van der Waals surface area contributed by atoms with Crippen molar-refractivity contribution in [1.29, 1.82) is 0 Å². The summed E-state index contributed by atoms with van der Waals surface area (Å²) < 4.78 is 11.7. The van der Waals surface area contributed by atoms with Gasteiger partial charge in [0.15, 0.2) is 0 Å². The molecule has 2 aliphatic rings. The summed E-state index contributed by atoms with van der Waals surface area (Å²) in [6, 6.07) is 10.9. The Bertz CT molecular complexity index is 697. The predicted octanol–water partition coefficient (Wildman–Crippen LogP) is 3.70. The highest BCUT2D eigenvalue weighted by atomic mass is 16.5. The van der Waals surface area contributed by atoms with Crippen LogP contribution in [-0.4, -0.2) is 30.8 Å². The molecule has 1 aromatic heterocycles. The fourth-order valence-corrected chi connectivity index (χ4v) is 3.34. The minimum absolute atomic E-state index is 0.510. The SMILES string of the molecule is Cc1ccc(OCC[C@@H]2C[C@@H]2c2cncc(OC[C@@H]3CCN3)c2)cc1. The van der Waals surface area contributed by atoms with Crippen LogP contribution in [0.5, 0.6) is 11.5 Å². The van der Waals surface area contributed by atoms with E-state index in [9.17, 15) is 0 Å². The average molecular weight is 338 g/mol. The van der Waals surface area contributed by atoms with Crippen molar-refractivity contribution in [3.63, 3.8) is 0 Å². The largest absolute Gasteiger partial charge is 0.494 e. The average Bonchev–Trinajstić information content (AvgIpc) is 3.35. The molecule has 1 aliphatic carbocycles. The molecule has 1 saturated carbocycles. The Balaban J connectivity index is 1.22. The van der Waals surface area contributed by atoms with E-state index in [1.165, 1.54) is 24.0 Å². The van der Waals surface area contributed by atoms with E-state index in [-0.39, 0.29) is 0 Å². The van der Waals surface area contributed by atoms with Gasteiger partial charge in [-0.1, -0.05) is 17.7 Å². The number of hydrogen-bond acceptors (Lipinski definition) is 4. The van der Waals surface area contributed by atoms with Crippen LogP contribution >= 0.6 is 0 Å². The second-order valence-electron chi connectivity index (χ2n) is 7.26. The van der Waals surface area contributed by atoms with Gasteiger partial charge in [-0.2, -0.15) is 0 Å². The maximum absolute atomic E-state index is 5.86. The lowest BCUT2D eigenvalue weighted by Crippen LogP contribution is -2.46. The van der Waals surface area contributed by atoms with Crippen LogP contribution in [0, 0.1) is 12.8 Å². The van der Waals surface area contributed by atoms with Crippen LogP contribution in [0.4, 0.5) is 0 Å². The molecule has 2 aromatic rings. The first-order chi connectivity index (χ1) is 12.3. The van der Waals surface area contributed by atoms with Gasteiger partial charge in [0, 0.05) is 12.2 Å². The predicted molar refractivity (Wildman–Crippen MR) is 98.3 cm³/mol. The molecule has 0 bridgehead atoms. The van der Waals surface area contributed by atoms with Crippen molar-refractivity contribution in [1.82, 2.24) is 10.3 Å². The molecule has 25 heavy (non-hydrogen) atoms. The molecule has 132 valence electrons. The van der Waals surface area contributed by atoms with E-state index in [4.69, 9.17) is 9.47 Å². The zero-order valence-electron chi connectivity index (χ0n) is 14.8. The third kappa shape index (κ3) is 4.31. The van der Waals surface area contributed by atoms with E-state index in [2.05, 4.69) is 35.4 Å². The van der Waals surface area contributed by atoms with Crippen molar-refractivity contribution >= 4 is 0 Å². The fraction of sp³-hybridized carbons (Fsp3) is 0.476. The lowest BCUT2D eigenvalue weighted by molar-refractivity contribution is 0.216. The van der Waals surface area contributed by atoms with E-state index in [1.54, 1.807) is 0 Å². The molecule has 1 saturated heterocycles. The molecular weight excluding hydrogens is 312 g/mol. The molecule has 0 amide bonds. The van der Waals surface area contributed by atoms with Gasteiger partial charge in [0.2, 0.25) is 0 Å². The third-order valence-corrected chi connectivity index (χ3v) is 5.24. The van der Waals surface area contributed by atoms with Crippen LogP contribution in [0.25, 0.3) is 0 Å². The van der Waals surface area contributed by atoms with Gasteiger partial charge in [-0.15, -0.1) is 0 Å². The quantitative estimate of drug-likeness (QED) is 0.797. The number of nitrogens with zero attached hydrogens (tertiary/aromatic N) is 1. The molecule has 4 heteroatoms. The molecule has 4 nitrogen and oxygen atoms in total. The van der Waals surface area contributed by atoms with E-state index in [0.29, 0.717) is 17.9 Å². The summed E-state index contributed by atoms with van der Waals surface area (Å²) >= 11 is 0. The van der Waals surface area contributed by atoms with Crippen LogP contribution in [0.1, 0.15) is 36.3 Å². The minimum atomic E-state index is 0.510. The van der Waals surface area contributed by atoms with Crippen LogP contribution in [0.15, 0.2) is 42.7 Å². The first-order valence-electron chi connectivity index (χ1n) is 9.28. The first-order valence-corrected chi connectivity index (χ1v) is 9.28. The molecule has 4 rings (SSSR count). The summed E-state index contributed by atoms with van der Waals surface area (Å²) in [5, 5.41) is 3.35. The monoisotopic (exact) mass is 338 g/mol. The van der Waals surface area contributed by atoms with Gasteiger partial charge in [0.05, 0.1) is 12.8 Å². The normalized spacial score (nSPS) is 24.4. The first kappa shape index (κ1) is 16.4. The minimum Gasteiger partial charge on any atom is -0.494 e. The lowest BCUT2D eigenvalue weighted by Gasteiger charge is -2.27. The number of nitrogens with one attached hydrogen (secondary N) is 1. The fourth-order valence-electron chi connectivity index (χ4n) is 3.34. The third-order valence-electron chi connectivity index (χ3n) is 5.24. The summed E-state index contributed by atoms with van der Waals surface area (Å²) in [6.45, 7) is 4.72. The highest BCUT2D eigenvalue weighted by Crippen LogP contribution is 2.49. The number of aryl methyl sites for hydroxylation is 1. The van der Waals surface area contributed by atoms with Crippen molar-refractivity contribution in [2.24, 2.45) is 5.92 Å². The molecule has 0 radical (unpaired) electrons. The molecule has 2 fully saturated rings. The number of ether oxygens (including phenoxy) is 2. The van der Waals surface area contributed by atoms with Crippen molar-refractivity contribution in [3.05, 3.63) is 53.9 Å². The molecule has 2 heterocycles. The van der Waals surface area contributed by atoms with E-state index < -0.39 is 0 Å². The van der Waals surface area contributed by atoms with Gasteiger partial charge in [-0.05, 0) is 68.3 Å². The number of pyridine rings is 1. The lowest BCUT2D eigenvalue weighted by atomic mass is 10.1. The summed E-state index contributed by atoms with van der Waals surface area (Å²) in [7, 11) is 0. The molecular formula is C21H26N2O2. The maximum atomic E-state index is 5.86. The second kappa shape index (κ2) is 7.44. The van der Waals surface area contributed by atoms with Gasteiger partial charge < -0.3 is 14.8 Å². The Hall–Kier alpha value is -2.07. The van der Waals surface area contributed by atoms with Crippen LogP contribution < -0.4 is 14.8 Å². The molecule has 0 unspecified atom stereocenters. The van der Waals surface area contributed by atoms with Gasteiger partial charge in [-0.3, -0.25) is 4.98 Å². The topological polar surface area (TPSA) is 43.4 Å².